The lowest BCUT2D eigenvalue weighted by Gasteiger charge is -2.06. The van der Waals surface area contributed by atoms with Crippen LogP contribution < -0.4 is 5.73 Å². The van der Waals surface area contributed by atoms with Gasteiger partial charge in [0.2, 0.25) is 0 Å². The van der Waals surface area contributed by atoms with E-state index in [1.165, 1.54) is 6.42 Å². The van der Waals surface area contributed by atoms with Crippen molar-refractivity contribution in [2.75, 3.05) is 12.3 Å². The van der Waals surface area contributed by atoms with Crippen LogP contribution in [0.3, 0.4) is 0 Å². The molecule has 0 aliphatic rings. The van der Waals surface area contributed by atoms with Gasteiger partial charge in [0.1, 0.15) is 5.84 Å². The van der Waals surface area contributed by atoms with Crippen LogP contribution in [0.15, 0.2) is 4.99 Å². The molecule has 1 atom stereocenters. The largest absolute Gasteiger partial charge is 0.387 e. The number of hydrogen-bond donors (Lipinski definition) is 1. The fraction of sp³-hybridized carbons (Fsp3) is 0.889. The number of amidine groups is 1. The Kier molecular flexibility index (Phi) is 7.36. The van der Waals surface area contributed by atoms with Crippen molar-refractivity contribution in [3.8, 4) is 0 Å². The third-order valence-corrected chi connectivity index (χ3v) is 2.99. The van der Waals surface area contributed by atoms with Gasteiger partial charge in [0.05, 0.1) is 5.75 Å². The average molecular weight is 188 g/mol. The van der Waals surface area contributed by atoms with Crippen molar-refractivity contribution < 1.29 is 0 Å². The second kappa shape index (κ2) is 7.47. The molecule has 0 saturated heterocycles. The highest BCUT2D eigenvalue weighted by molar-refractivity contribution is 8.00. The normalized spacial score (nSPS) is 14.8. The Morgan fingerprint density at radius 1 is 1.50 bits per heavy atom. The second-order valence-corrected chi connectivity index (χ2v) is 4.33. The first-order valence-electron chi connectivity index (χ1n) is 4.61. The summed E-state index contributed by atoms with van der Waals surface area (Å²) < 4.78 is 0. The number of thioether (sulfide) groups is 1. The minimum absolute atomic E-state index is 0.695. The Hall–Kier alpha value is -0.180. The number of nitrogens with two attached hydrogens (primary N) is 1. The Balaban J connectivity index is 3.48. The standard InChI is InChI=1S/C9H20N2S/c1-4-6-11-9(10)7-12-8(3)5-2/h8H,4-7H2,1-3H3,(H2,10,11). The van der Waals surface area contributed by atoms with Crippen LogP contribution in [0.4, 0.5) is 0 Å². The lowest BCUT2D eigenvalue weighted by Crippen LogP contribution is -2.16. The molecule has 0 heterocycles. The van der Waals surface area contributed by atoms with Gasteiger partial charge in [-0.25, -0.2) is 0 Å². The molecule has 3 heteroatoms. The predicted octanol–water partition coefficient (Wildman–Crippen LogP) is 2.29. The lowest BCUT2D eigenvalue weighted by atomic mass is 10.4. The molecule has 0 amide bonds. The van der Waals surface area contributed by atoms with E-state index < -0.39 is 0 Å². The average Bonchev–Trinajstić information content (AvgIpc) is 2.10. The molecule has 0 radical (unpaired) electrons. The summed E-state index contributed by atoms with van der Waals surface area (Å²) in [7, 11) is 0. The van der Waals surface area contributed by atoms with Gasteiger partial charge in [-0.2, -0.15) is 11.8 Å². The zero-order valence-electron chi connectivity index (χ0n) is 8.34. The maximum absolute atomic E-state index is 5.69. The van der Waals surface area contributed by atoms with Crippen LogP contribution in [0.5, 0.6) is 0 Å². The first-order valence-corrected chi connectivity index (χ1v) is 5.66. The topological polar surface area (TPSA) is 38.4 Å². The summed E-state index contributed by atoms with van der Waals surface area (Å²) >= 11 is 1.88. The molecule has 0 aromatic carbocycles. The summed E-state index contributed by atoms with van der Waals surface area (Å²) in [6.45, 7) is 7.39. The summed E-state index contributed by atoms with van der Waals surface area (Å²) in [6, 6.07) is 0. The molecule has 12 heavy (non-hydrogen) atoms. The molecular weight excluding hydrogens is 168 g/mol. The quantitative estimate of drug-likeness (QED) is 0.513. The van der Waals surface area contributed by atoms with Gasteiger partial charge in [-0.05, 0) is 12.8 Å². The predicted molar refractivity (Wildman–Crippen MR) is 59.0 cm³/mol. The minimum atomic E-state index is 0.695. The molecule has 0 saturated carbocycles. The van der Waals surface area contributed by atoms with Gasteiger partial charge in [-0.15, -0.1) is 0 Å². The van der Waals surface area contributed by atoms with E-state index >= 15 is 0 Å². The Morgan fingerprint density at radius 3 is 2.67 bits per heavy atom. The van der Waals surface area contributed by atoms with Crippen molar-refractivity contribution in [3.63, 3.8) is 0 Å². The van der Waals surface area contributed by atoms with Crippen LogP contribution in [0, 0.1) is 0 Å². The van der Waals surface area contributed by atoms with Gasteiger partial charge in [-0.1, -0.05) is 20.8 Å². The first-order chi connectivity index (χ1) is 5.70. The minimum Gasteiger partial charge on any atom is -0.387 e. The first kappa shape index (κ1) is 11.8. The number of nitrogens with zero attached hydrogens (tertiary/aromatic N) is 1. The summed E-state index contributed by atoms with van der Waals surface area (Å²) in [5.41, 5.74) is 5.69. The summed E-state index contributed by atoms with van der Waals surface area (Å²) in [5, 5.41) is 0.695. The number of rotatable bonds is 6. The van der Waals surface area contributed by atoms with Gasteiger partial charge >= 0.3 is 0 Å². The van der Waals surface area contributed by atoms with E-state index in [9.17, 15) is 0 Å². The van der Waals surface area contributed by atoms with Crippen LogP contribution in [0.25, 0.3) is 0 Å². The molecule has 0 rings (SSSR count). The highest BCUT2D eigenvalue weighted by Gasteiger charge is 1.99. The van der Waals surface area contributed by atoms with E-state index in [-0.39, 0.29) is 0 Å². The molecule has 2 N–H and O–H groups in total. The van der Waals surface area contributed by atoms with E-state index in [4.69, 9.17) is 5.73 Å². The van der Waals surface area contributed by atoms with E-state index in [0.29, 0.717) is 5.25 Å². The van der Waals surface area contributed by atoms with Crippen molar-refractivity contribution in [1.29, 1.82) is 0 Å². The summed E-state index contributed by atoms with van der Waals surface area (Å²) in [4.78, 5) is 4.22. The summed E-state index contributed by atoms with van der Waals surface area (Å²) in [5.74, 6) is 1.68. The van der Waals surface area contributed by atoms with Crippen molar-refractivity contribution in [1.82, 2.24) is 0 Å². The Bertz CT molecular complexity index is 134. The van der Waals surface area contributed by atoms with Gasteiger partial charge in [0.25, 0.3) is 0 Å². The molecule has 0 aliphatic carbocycles. The molecular formula is C9H20N2S. The van der Waals surface area contributed by atoms with Crippen LogP contribution in [-0.2, 0) is 0 Å². The van der Waals surface area contributed by atoms with Crippen molar-refractivity contribution in [2.24, 2.45) is 10.7 Å². The molecule has 0 bridgehead atoms. The Morgan fingerprint density at radius 2 is 2.17 bits per heavy atom. The zero-order chi connectivity index (χ0) is 9.40. The third kappa shape index (κ3) is 6.53. The van der Waals surface area contributed by atoms with Crippen LogP contribution >= 0.6 is 11.8 Å². The van der Waals surface area contributed by atoms with Gasteiger partial charge in [-0.3, -0.25) is 4.99 Å². The Labute approximate surface area is 80.0 Å². The molecule has 0 aromatic rings. The molecule has 0 spiro atoms. The van der Waals surface area contributed by atoms with E-state index in [1.807, 2.05) is 11.8 Å². The van der Waals surface area contributed by atoms with Crippen LogP contribution in [0.2, 0.25) is 0 Å². The van der Waals surface area contributed by atoms with E-state index in [2.05, 4.69) is 25.8 Å². The smallest absolute Gasteiger partial charge is 0.104 e. The number of aliphatic imine (C=N–C) groups is 1. The highest BCUT2D eigenvalue weighted by Crippen LogP contribution is 2.12. The van der Waals surface area contributed by atoms with Gasteiger partial charge in [0, 0.05) is 11.8 Å². The molecule has 2 nitrogen and oxygen atoms in total. The molecule has 1 unspecified atom stereocenters. The number of hydrogen-bond acceptors (Lipinski definition) is 2. The second-order valence-electron chi connectivity index (χ2n) is 2.90. The molecule has 0 fully saturated rings. The van der Waals surface area contributed by atoms with Crippen LogP contribution in [-0.4, -0.2) is 23.4 Å². The van der Waals surface area contributed by atoms with Gasteiger partial charge < -0.3 is 5.73 Å². The molecule has 72 valence electrons. The highest BCUT2D eigenvalue weighted by atomic mass is 32.2. The van der Waals surface area contributed by atoms with Crippen molar-refractivity contribution in [3.05, 3.63) is 0 Å². The van der Waals surface area contributed by atoms with Gasteiger partial charge in [0.15, 0.2) is 0 Å². The van der Waals surface area contributed by atoms with Crippen LogP contribution in [0.1, 0.15) is 33.6 Å². The van der Waals surface area contributed by atoms with Crippen molar-refractivity contribution >= 4 is 17.6 Å². The zero-order valence-corrected chi connectivity index (χ0v) is 9.16. The lowest BCUT2D eigenvalue weighted by molar-refractivity contribution is 0.906. The van der Waals surface area contributed by atoms with Crippen molar-refractivity contribution in [2.45, 2.75) is 38.9 Å². The molecule has 0 aromatic heterocycles. The fourth-order valence-electron chi connectivity index (χ4n) is 0.647. The fourth-order valence-corrected chi connectivity index (χ4v) is 1.43. The van der Waals surface area contributed by atoms with E-state index in [1.54, 1.807) is 0 Å². The summed E-state index contributed by atoms with van der Waals surface area (Å²) in [6.07, 6.45) is 2.28. The third-order valence-electron chi connectivity index (χ3n) is 1.63. The maximum atomic E-state index is 5.69. The molecule has 0 aliphatic heterocycles. The maximum Gasteiger partial charge on any atom is 0.104 e. The monoisotopic (exact) mass is 188 g/mol. The SMILES string of the molecule is CCCN=C(N)CSC(C)CC. The van der Waals surface area contributed by atoms with E-state index in [0.717, 1.165) is 24.6 Å².